The highest BCUT2D eigenvalue weighted by Gasteiger charge is 2.16. The minimum absolute atomic E-state index is 0.476. The average molecular weight is 287 g/mol. The predicted octanol–water partition coefficient (Wildman–Crippen LogP) is 3.50. The zero-order valence-electron chi connectivity index (χ0n) is 9.80. The van der Waals surface area contributed by atoms with Gasteiger partial charge in [0, 0.05) is 0 Å². The summed E-state index contributed by atoms with van der Waals surface area (Å²) in [4.78, 5) is 15.5. The van der Waals surface area contributed by atoms with Crippen LogP contribution in [0.25, 0.3) is 0 Å². The van der Waals surface area contributed by atoms with Crippen molar-refractivity contribution in [2.75, 3.05) is 5.32 Å². The molecule has 1 aromatic heterocycles. The number of carbonyl (C=O) groups is 1. The molecule has 0 aliphatic carbocycles. The molecular weight excluding hydrogens is 272 g/mol. The van der Waals surface area contributed by atoms with Gasteiger partial charge < -0.3 is 4.74 Å². The number of aryl methyl sites for hydroxylation is 1. The Morgan fingerprint density at radius 2 is 2.12 bits per heavy atom. The molecule has 0 aliphatic heterocycles. The molecule has 1 heterocycles. The van der Waals surface area contributed by atoms with Crippen LogP contribution >= 0.6 is 15.9 Å². The molecule has 16 heavy (non-hydrogen) atoms. The van der Waals surface area contributed by atoms with Crippen molar-refractivity contribution in [1.29, 1.82) is 0 Å². The summed E-state index contributed by atoms with van der Waals surface area (Å²) >= 11 is 3.29. The van der Waals surface area contributed by atoms with Crippen LogP contribution in [0.4, 0.5) is 10.5 Å². The summed E-state index contributed by atoms with van der Waals surface area (Å²) in [5.41, 5.74) is 1.07. The summed E-state index contributed by atoms with van der Waals surface area (Å²) in [6.45, 7) is 7.35. The number of hydrogen-bond donors (Lipinski definition) is 1. The molecule has 0 radical (unpaired) electrons. The first-order chi connectivity index (χ1) is 7.28. The molecule has 0 aromatic carbocycles. The summed E-state index contributed by atoms with van der Waals surface area (Å²) in [6.07, 6.45) is 1.09. The summed E-state index contributed by atoms with van der Waals surface area (Å²) in [7, 11) is 0. The van der Waals surface area contributed by atoms with Gasteiger partial charge in [0.2, 0.25) is 0 Å². The molecule has 1 N–H and O–H groups in total. The van der Waals surface area contributed by atoms with E-state index in [4.69, 9.17) is 4.74 Å². The van der Waals surface area contributed by atoms with Crippen molar-refractivity contribution < 1.29 is 9.53 Å². The van der Waals surface area contributed by atoms with Crippen molar-refractivity contribution in [2.24, 2.45) is 0 Å². The highest BCUT2D eigenvalue weighted by molar-refractivity contribution is 9.10. The molecule has 0 saturated carbocycles. The van der Waals surface area contributed by atoms with Gasteiger partial charge in [-0.05, 0) is 55.3 Å². The van der Waals surface area contributed by atoms with Gasteiger partial charge in [0.25, 0.3) is 0 Å². The van der Waals surface area contributed by atoms with E-state index < -0.39 is 11.7 Å². The van der Waals surface area contributed by atoms with E-state index >= 15 is 0 Å². The number of amides is 1. The van der Waals surface area contributed by atoms with Gasteiger partial charge in [0.05, 0.1) is 11.9 Å². The monoisotopic (exact) mass is 286 g/mol. The number of hydrogen-bond acceptors (Lipinski definition) is 3. The molecule has 1 amide bonds. The van der Waals surface area contributed by atoms with E-state index in [1.807, 2.05) is 33.8 Å². The Balaban J connectivity index is 2.67. The first-order valence-electron chi connectivity index (χ1n) is 4.90. The Morgan fingerprint density at radius 3 is 2.62 bits per heavy atom. The SMILES string of the molecule is Cc1cc(NC(=O)OC(C)(C)C)cnc1Br. The molecule has 0 saturated heterocycles. The first-order valence-corrected chi connectivity index (χ1v) is 5.69. The maximum Gasteiger partial charge on any atom is 0.412 e. The maximum absolute atomic E-state index is 11.5. The predicted molar refractivity (Wildman–Crippen MR) is 66.5 cm³/mol. The van der Waals surface area contributed by atoms with Gasteiger partial charge >= 0.3 is 6.09 Å². The molecule has 4 nitrogen and oxygen atoms in total. The number of pyridine rings is 1. The standard InChI is InChI=1S/C11H15BrN2O2/c1-7-5-8(6-13-9(7)12)14-10(15)16-11(2,3)4/h5-6H,1-4H3,(H,14,15). The second-order valence-corrected chi connectivity index (χ2v) is 5.21. The fourth-order valence-corrected chi connectivity index (χ4v) is 1.26. The van der Waals surface area contributed by atoms with Gasteiger partial charge in [-0.3, -0.25) is 5.32 Å². The van der Waals surface area contributed by atoms with Crippen molar-refractivity contribution in [2.45, 2.75) is 33.3 Å². The Labute approximate surface area is 104 Å². The van der Waals surface area contributed by atoms with E-state index in [1.54, 1.807) is 6.20 Å². The van der Waals surface area contributed by atoms with Crippen LogP contribution in [0.15, 0.2) is 16.9 Å². The molecule has 0 fully saturated rings. The molecular formula is C11H15BrN2O2. The lowest BCUT2D eigenvalue weighted by atomic mass is 10.2. The number of ether oxygens (including phenoxy) is 1. The number of aromatic nitrogens is 1. The Morgan fingerprint density at radius 1 is 1.50 bits per heavy atom. The van der Waals surface area contributed by atoms with Crippen LogP contribution in [0, 0.1) is 6.92 Å². The van der Waals surface area contributed by atoms with Crippen LogP contribution in [0.1, 0.15) is 26.3 Å². The van der Waals surface area contributed by atoms with Gasteiger partial charge in [-0.25, -0.2) is 9.78 Å². The quantitative estimate of drug-likeness (QED) is 0.804. The molecule has 88 valence electrons. The van der Waals surface area contributed by atoms with Gasteiger partial charge in [-0.15, -0.1) is 0 Å². The summed E-state index contributed by atoms with van der Waals surface area (Å²) in [5, 5.41) is 2.62. The van der Waals surface area contributed by atoms with Crippen molar-refractivity contribution >= 4 is 27.7 Å². The van der Waals surface area contributed by atoms with Crippen LogP contribution in [-0.2, 0) is 4.74 Å². The summed E-state index contributed by atoms with van der Waals surface area (Å²) in [6, 6.07) is 1.82. The number of nitrogens with zero attached hydrogens (tertiary/aromatic N) is 1. The van der Waals surface area contributed by atoms with Crippen molar-refractivity contribution in [3.05, 3.63) is 22.4 Å². The average Bonchev–Trinajstić information content (AvgIpc) is 2.08. The second-order valence-electron chi connectivity index (χ2n) is 4.46. The van der Waals surface area contributed by atoms with Crippen molar-refractivity contribution in [1.82, 2.24) is 4.98 Å². The van der Waals surface area contributed by atoms with Crippen LogP contribution in [0.2, 0.25) is 0 Å². The number of nitrogens with one attached hydrogen (secondary N) is 1. The maximum atomic E-state index is 11.5. The lowest BCUT2D eigenvalue weighted by Gasteiger charge is -2.19. The third kappa shape index (κ3) is 4.18. The fourth-order valence-electron chi connectivity index (χ4n) is 1.05. The van der Waals surface area contributed by atoms with E-state index in [-0.39, 0.29) is 0 Å². The number of carbonyl (C=O) groups excluding carboxylic acids is 1. The third-order valence-corrected chi connectivity index (χ3v) is 2.49. The molecule has 0 atom stereocenters. The zero-order chi connectivity index (χ0) is 12.3. The van der Waals surface area contributed by atoms with E-state index in [0.717, 1.165) is 10.2 Å². The minimum Gasteiger partial charge on any atom is -0.444 e. The lowest BCUT2D eigenvalue weighted by molar-refractivity contribution is 0.0636. The second kappa shape index (κ2) is 4.82. The van der Waals surface area contributed by atoms with Gasteiger partial charge in [0.15, 0.2) is 0 Å². The number of anilines is 1. The van der Waals surface area contributed by atoms with Gasteiger partial charge in [0.1, 0.15) is 10.2 Å². The highest BCUT2D eigenvalue weighted by atomic mass is 79.9. The van der Waals surface area contributed by atoms with Gasteiger partial charge in [-0.2, -0.15) is 0 Å². The smallest absolute Gasteiger partial charge is 0.412 e. The Hall–Kier alpha value is -1.10. The molecule has 0 aliphatic rings. The molecule has 1 aromatic rings. The van der Waals surface area contributed by atoms with Crippen LogP contribution in [0.3, 0.4) is 0 Å². The molecule has 1 rings (SSSR count). The van der Waals surface area contributed by atoms with Crippen molar-refractivity contribution in [3.63, 3.8) is 0 Å². The fraction of sp³-hybridized carbons (Fsp3) is 0.455. The molecule has 0 bridgehead atoms. The van der Waals surface area contributed by atoms with Crippen molar-refractivity contribution in [3.8, 4) is 0 Å². The minimum atomic E-state index is -0.498. The molecule has 5 heteroatoms. The zero-order valence-corrected chi connectivity index (χ0v) is 11.4. The third-order valence-electron chi connectivity index (χ3n) is 1.66. The lowest BCUT2D eigenvalue weighted by Crippen LogP contribution is -2.27. The topological polar surface area (TPSA) is 51.2 Å². The van der Waals surface area contributed by atoms with Crippen LogP contribution in [-0.4, -0.2) is 16.7 Å². The Kier molecular flexibility index (Phi) is 3.91. The summed E-state index contributed by atoms with van der Waals surface area (Å²) in [5.74, 6) is 0. The van der Waals surface area contributed by atoms with Crippen LogP contribution < -0.4 is 5.32 Å². The summed E-state index contributed by atoms with van der Waals surface area (Å²) < 4.78 is 5.89. The number of rotatable bonds is 1. The Bertz CT molecular complexity index is 399. The highest BCUT2D eigenvalue weighted by Crippen LogP contribution is 2.17. The van der Waals surface area contributed by atoms with E-state index in [9.17, 15) is 4.79 Å². The molecule has 0 unspecified atom stereocenters. The number of halogens is 1. The van der Waals surface area contributed by atoms with Gasteiger partial charge in [-0.1, -0.05) is 0 Å². The van der Waals surface area contributed by atoms with E-state index in [2.05, 4.69) is 26.2 Å². The first kappa shape index (κ1) is 13.0. The normalized spacial score (nSPS) is 11.1. The van der Waals surface area contributed by atoms with E-state index in [1.165, 1.54) is 0 Å². The van der Waals surface area contributed by atoms with E-state index in [0.29, 0.717) is 5.69 Å². The largest absolute Gasteiger partial charge is 0.444 e. The molecule has 0 spiro atoms. The van der Waals surface area contributed by atoms with Crippen LogP contribution in [0.5, 0.6) is 0 Å².